The lowest BCUT2D eigenvalue weighted by Crippen LogP contribution is -2.28. The number of carbonyl (C=O) groups is 1. The minimum atomic E-state index is -0.484. The molecular weight excluding hydrogens is 196 g/mol. The molecule has 1 heterocycles. The summed E-state index contributed by atoms with van der Waals surface area (Å²) in [6, 6.07) is 9.70. The van der Waals surface area contributed by atoms with Gasteiger partial charge in [0.05, 0.1) is 6.54 Å². The zero-order valence-corrected chi connectivity index (χ0v) is 8.30. The van der Waals surface area contributed by atoms with Crippen molar-refractivity contribution in [3.63, 3.8) is 0 Å². The van der Waals surface area contributed by atoms with Crippen molar-refractivity contribution in [1.29, 1.82) is 0 Å². The Morgan fingerprint density at radius 1 is 1.43 bits per heavy atom. The number of carbonyl (C=O) groups excluding carboxylic acids is 1. The second-order valence-corrected chi connectivity index (χ2v) is 4.14. The van der Waals surface area contributed by atoms with Crippen LogP contribution in [0.1, 0.15) is 4.88 Å². The maximum absolute atomic E-state index is 10.5. The molecule has 2 aromatic rings. The number of hydrogen-bond donors (Lipinski definition) is 2. The summed E-state index contributed by atoms with van der Waals surface area (Å²) < 4.78 is 1.23. The predicted octanol–water partition coefficient (Wildman–Crippen LogP) is 2.07. The van der Waals surface area contributed by atoms with Crippen molar-refractivity contribution in [2.24, 2.45) is 5.73 Å². The fourth-order valence-electron chi connectivity index (χ4n) is 1.30. The number of nitrogens with one attached hydrogen (secondary N) is 1. The maximum Gasteiger partial charge on any atom is 0.312 e. The standard InChI is InChI=1S/C10H10N2OS/c11-10(13)12-6-8-5-7-3-1-2-4-9(7)14-8/h1-5H,6H2,(H3,11,12,13). The lowest BCUT2D eigenvalue weighted by Gasteiger charge is -1.95. The van der Waals surface area contributed by atoms with Crippen LogP contribution in [0.25, 0.3) is 10.1 Å². The van der Waals surface area contributed by atoms with Crippen molar-refractivity contribution < 1.29 is 4.79 Å². The van der Waals surface area contributed by atoms with Gasteiger partial charge < -0.3 is 11.1 Å². The van der Waals surface area contributed by atoms with Crippen LogP contribution >= 0.6 is 11.3 Å². The van der Waals surface area contributed by atoms with Crippen LogP contribution in [0.15, 0.2) is 30.3 Å². The van der Waals surface area contributed by atoms with E-state index < -0.39 is 6.03 Å². The highest BCUT2D eigenvalue weighted by atomic mass is 32.1. The first kappa shape index (κ1) is 9.02. The van der Waals surface area contributed by atoms with Gasteiger partial charge in [-0.15, -0.1) is 11.3 Å². The third-order valence-corrected chi connectivity index (χ3v) is 3.03. The third-order valence-electron chi connectivity index (χ3n) is 1.91. The molecule has 0 radical (unpaired) electrons. The van der Waals surface area contributed by atoms with Gasteiger partial charge in [0.1, 0.15) is 0 Å². The van der Waals surface area contributed by atoms with Gasteiger partial charge in [-0.1, -0.05) is 18.2 Å². The van der Waals surface area contributed by atoms with Gasteiger partial charge in [-0.2, -0.15) is 0 Å². The Balaban J connectivity index is 2.22. The number of urea groups is 1. The molecule has 3 N–H and O–H groups in total. The van der Waals surface area contributed by atoms with Gasteiger partial charge in [0, 0.05) is 9.58 Å². The highest BCUT2D eigenvalue weighted by molar-refractivity contribution is 7.19. The summed E-state index contributed by atoms with van der Waals surface area (Å²) in [5, 5.41) is 3.78. The van der Waals surface area contributed by atoms with Gasteiger partial charge in [0.2, 0.25) is 0 Å². The normalized spacial score (nSPS) is 10.3. The second kappa shape index (κ2) is 3.67. The Kier molecular flexibility index (Phi) is 2.37. The lowest BCUT2D eigenvalue weighted by atomic mass is 10.2. The summed E-state index contributed by atoms with van der Waals surface area (Å²) >= 11 is 1.67. The molecule has 0 aliphatic carbocycles. The van der Waals surface area contributed by atoms with Crippen LogP contribution in [0.4, 0.5) is 4.79 Å². The highest BCUT2D eigenvalue weighted by Crippen LogP contribution is 2.24. The Bertz CT molecular complexity index is 431. The second-order valence-electron chi connectivity index (χ2n) is 2.97. The maximum atomic E-state index is 10.5. The fourth-order valence-corrected chi connectivity index (χ4v) is 2.30. The molecule has 72 valence electrons. The van der Waals surface area contributed by atoms with Crippen molar-refractivity contribution in [3.05, 3.63) is 35.2 Å². The van der Waals surface area contributed by atoms with Gasteiger partial charge >= 0.3 is 6.03 Å². The molecule has 4 heteroatoms. The smallest absolute Gasteiger partial charge is 0.312 e. The summed E-state index contributed by atoms with van der Waals surface area (Å²) in [6.07, 6.45) is 0. The van der Waals surface area contributed by atoms with E-state index in [4.69, 9.17) is 5.73 Å². The number of primary amides is 1. The number of hydrogen-bond acceptors (Lipinski definition) is 2. The van der Waals surface area contributed by atoms with Gasteiger partial charge in [0.15, 0.2) is 0 Å². The van der Waals surface area contributed by atoms with Crippen LogP contribution in [0.5, 0.6) is 0 Å². The number of fused-ring (bicyclic) bond motifs is 1. The minimum Gasteiger partial charge on any atom is -0.352 e. The first-order chi connectivity index (χ1) is 6.75. The summed E-state index contributed by atoms with van der Waals surface area (Å²) in [6.45, 7) is 0.509. The van der Waals surface area contributed by atoms with Crippen LogP contribution in [0.2, 0.25) is 0 Å². The van der Waals surface area contributed by atoms with E-state index in [0.717, 1.165) is 4.88 Å². The third kappa shape index (κ3) is 1.85. The number of rotatable bonds is 2. The van der Waals surface area contributed by atoms with E-state index in [0.29, 0.717) is 6.54 Å². The van der Waals surface area contributed by atoms with E-state index in [-0.39, 0.29) is 0 Å². The van der Waals surface area contributed by atoms with Crippen LogP contribution in [0.3, 0.4) is 0 Å². The van der Waals surface area contributed by atoms with Gasteiger partial charge in [-0.3, -0.25) is 0 Å². The molecule has 0 fully saturated rings. The monoisotopic (exact) mass is 206 g/mol. The average Bonchev–Trinajstić information content (AvgIpc) is 2.57. The Morgan fingerprint density at radius 3 is 2.93 bits per heavy atom. The summed E-state index contributed by atoms with van der Waals surface area (Å²) in [5.74, 6) is 0. The fraction of sp³-hybridized carbons (Fsp3) is 0.100. The van der Waals surface area contributed by atoms with Crippen molar-refractivity contribution in [3.8, 4) is 0 Å². The molecule has 2 rings (SSSR count). The van der Waals surface area contributed by atoms with E-state index in [1.165, 1.54) is 10.1 Å². The van der Waals surface area contributed by atoms with Crippen molar-refractivity contribution in [2.45, 2.75) is 6.54 Å². The molecule has 2 amide bonds. The molecule has 0 aliphatic heterocycles. The molecule has 0 saturated carbocycles. The van der Waals surface area contributed by atoms with Crippen LogP contribution in [-0.4, -0.2) is 6.03 Å². The van der Waals surface area contributed by atoms with Gasteiger partial charge in [-0.25, -0.2) is 4.79 Å². The first-order valence-electron chi connectivity index (χ1n) is 4.26. The van der Waals surface area contributed by atoms with Gasteiger partial charge in [0.25, 0.3) is 0 Å². The molecule has 0 spiro atoms. The quantitative estimate of drug-likeness (QED) is 0.776. The van der Waals surface area contributed by atoms with Crippen molar-refractivity contribution in [2.75, 3.05) is 0 Å². The molecule has 0 saturated heterocycles. The number of nitrogens with two attached hydrogens (primary N) is 1. The predicted molar refractivity (Wildman–Crippen MR) is 58.2 cm³/mol. The molecule has 1 aromatic heterocycles. The van der Waals surface area contributed by atoms with Gasteiger partial charge in [-0.05, 0) is 17.5 Å². The van der Waals surface area contributed by atoms with E-state index in [1.807, 2.05) is 12.1 Å². The Labute approximate surface area is 85.5 Å². The topological polar surface area (TPSA) is 55.1 Å². The first-order valence-corrected chi connectivity index (χ1v) is 5.08. The van der Waals surface area contributed by atoms with E-state index in [2.05, 4.69) is 23.5 Å². The lowest BCUT2D eigenvalue weighted by molar-refractivity contribution is 0.248. The largest absolute Gasteiger partial charge is 0.352 e. The summed E-state index contributed by atoms with van der Waals surface area (Å²) in [5.41, 5.74) is 4.99. The average molecular weight is 206 g/mol. The van der Waals surface area contributed by atoms with Crippen LogP contribution in [-0.2, 0) is 6.54 Å². The molecular formula is C10H10N2OS. The molecule has 1 aromatic carbocycles. The Morgan fingerprint density at radius 2 is 2.21 bits per heavy atom. The molecule has 3 nitrogen and oxygen atoms in total. The zero-order chi connectivity index (χ0) is 9.97. The number of benzene rings is 1. The summed E-state index contributed by atoms with van der Waals surface area (Å²) in [7, 11) is 0. The molecule has 0 unspecified atom stereocenters. The molecule has 14 heavy (non-hydrogen) atoms. The van der Waals surface area contributed by atoms with Crippen molar-refractivity contribution in [1.82, 2.24) is 5.32 Å². The SMILES string of the molecule is NC(=O)NCc1cc2ccccc2s1. The molecule has 0 aliphatic rings. The van der Waals surface area contributed by atoms with Crippen molar-refractivity contribution >= 4 is 27.5 Å². The van der Waals surface area contributed by atoms with E-state index >= 15 is 0 Å². The number of thiophene rings is 1. The minimum absolute atomic E-state index is 0.484. The zero-order valence-electron chi connectivity index (χ0n) is 7.49. The van der Waals surface area contributed by atoms with Crippen LogP contribution in [0, 0.1) is 0 Å². The van der Waals surface area contributed by atoms with E-state index in [9.17, 15) is 4.79 Å². The van der Waals surface area contributed by atoms with Crippen LogP contribution < -0.4 is 11.1 Å². The molecule has 0 atom stereocenters. The highest BCUT2D eigenvalue weighted by Gasteiger charge is 2.01. The number of amides is 2. The van der Waals surface area contributed by atoms with E-state index in [1.54, 1.807) is 11.3 Å². The Hall–Kier alpha value is -1.55. The molecule has 0 bridgehead atoms. The summed E-state index contributed by atoms with van der Waals surface area (Å²) in [4.78, 5) is 11.6.